The van der Waals surface area contributed by atoms with Gasteiger partial charge in [-0.25, -0.2) is 4.89 Å². The van der Waals surface area contributed by atoms with Crippen LogP contribution in [0.5, 0.6) is 0 Å². The van der Waals surface area contributed by atoms with Crippen molar-refractivity contribution in [1.82, 2.24) is 0 Å². The van der Waals surface area contributed by atoms with Gasteiger partial charge in [0.1, 0.15) is 6.10 Å². The summed E-state index contributed by atoms with van der Waals surface area (Å²) in [5, 5.41) is 9.09. The van der Waals surface area contributed by atoms with Crippen LogP contribution >= 0.6 is 0 Å². The Morgan fingerprint density at radius 2 is 1.70 bits per heavy atom. The van der Waals surface area contributed by atoms with E-state index in [4.69, 9.17) is 18.5 Å². The van der Waals surface area contributed by atoms with E-state index in [1.807, 2.05) is 24.3 Å². The molecule has 0 radical (unpaired) electrons. The van der Waals surface area contributed by atoms with Crippen molar-refractivity contribution in [1.29, 1.82) is 0 Å². The molecule has 0 aromatic heterocycles. The monoisotopic (exact) mass is 298 g/mol. The van der Waals surface area contributed by atoms with Crippen molar-refractivity contribution in [2.75, 3.05) is 21.3 Å². The number of benzene rings is 1. The Balaban J connectivity index is 2.73. The van der Waals surface area contributed by atoms with Gasteiger partial charge in [0, 0.05) is 27.4 Å². The molecule has 0 aliphatic heterocycles. The van der Waals surface area contributed by atoms with Crippen LogP contribution in [0.4, 0.5) is 0 Å². The van der Waals surface area contributed by atoms with E-state index in [0.29, 0.717) is 12.5 Å². The number of hydrogen-bond donors (Lipinski definition) is 1. The van der Waals surface area contributed by atoms with Crippen molar-refractivity contribution in [3.63, 3.8) is 0 Å². The Kier molecular flexibility index (Phi) is 7.07. The summed E-state index contributed by atoms with van der Waals surface area (Å²) in [6.07, 6.45) is 1.85. The molecule has 0 saturated heterocycles. The summed E-state index contributed by atoms with van der Waals surface area (Å²) in [6.45, 7) is 3.70. The minimum Gasteiger partial charge on any atom is -0.377 e. The van der Waals surface area contributed by atoms with Crippen molar-refractivity contribution in [2.24, 2.45) is 0 Å². The molecule has 0 aliphatic carbocycles. The predicted octanol–water partition coefficient (Wildman–Crippen LogP) is 3.13. The summed E-state index contributed by atoms with van der Waals surface area (Å²) >= 11 is 0. The topological polar surface area (TPSA) is 57.2 Å². The second-order valence-corrected chi connectivity index (χ2v) is 7.39. The molecule has 6 heteroatoms. The van der Waals surface area contributed by atoms with Gasteiger partial charge in [-0.1, -0.05) is 36.9 Å². The zero-order valence-electron chi connectivity index (χ0n) is 12.2. The predicted molar refractivity (Wildman–Crippen MR) is 79.2 cm³/mol. The van der Waals surface area contributed by atoms with Gasteiger partial charge in [0.15, 0.2) is 0 Å². The van der Waals surface area contributed by atoms with Gasteiger partial charge in [-0.3, -0.25) is 5.26 Å². The first kappa shape index (κ1) is 17.0. The van der Waals surface area contributed by atoms with Crippen molar-refractivity contribution in [2.45, 2.75) is 18.6 Å². The Morgan fingerprint density at radius 3 is 2.10 bits per heavy atom. The smallest absolute Gasteiger partial charge is 0.377 e. The maximum absolute atomic E-state index is 9.09. The largest absolute Gasteiger partial charge is 0.500 e. The van der Waals surface area contributed by atoms with Gasteiger partial charge in [0.05, 0.1) is 0 Å². The van der Waals surface area contributed by atoms with Crippen LogP contribution in [0.1, 0.15) is 23.7 Å². The van der Waals surface area contributed by atoms with Crippen molar-refractivity contribution < 1.29 is 23.4 Å². The van der Waals surface area contributed by atoms with Gasteiger partial charge in [-0.05, 0) is 17.5 Å². The van der Waals surface area contributed by atoms with Crippen molar-refractivity contribution in [3.8, 4) is 0 Å². The SMILES string of the molecule is C=Cc1ccc(C(CC[Si](OC)(OC)OC)OO)cc1. The molecule has 0 saturated carbocycles. The van der Waals surface area contributed by atoms with Crippen LogP contribution in [0, 0.1) is 0 Å². The van der Waals surface area contributed by atoms with Gasteiger partial charge in [-0.15, -0.1) is 0 Å². The Morgan fingerprint density at radius 1 is 1.15 bits per heavy atom. The van der Waals surface area contributed by atoms with E-state index in [-0.39, 0.29) is 0 Å². The van der Waals surface area contributed by atoms with E-state index < -0.39 is 14.9 Å². The van der Waals surface area contributed by atoms with E-state index >= 15 is 0 Å². The summed E-state index contributed by atoms with van der Waals surface area (Å²) in [6, 6.07) is 8.18. The molecule has 0 aliphatic rings. The molecule has 0 heterocycles. The fourth-order valence-electron chi connectivity index (χ4n) is 1.99. The van der Waals surface area contributed by atoms with Crippen LogP contribution < -0.4 is 0 Å². The molecule has 20 heavy (non-hydrogen) atoms. The van der Waals surface area contributed by atoms with E-state index in [2.05, 4.69) is 11.5 Å². The third kappa shape index (κ3) is 4.24. The summed E-state index contributed by atoms with van der Waals surface area (Å²) < 4.78 is 16.0. The van der Waals surface area contributed by atoms with Crippen LogP contribution in [0.15, 0.2) is 30.8 Å². The molecule has 1 atom stereocenters. The van der Waals surface area contributed by atoms with Gasteiger partial charge < -0.3 is 13.3 Å². The average Bonchev–Trinajstić information content (AvgIpc) is 2.53. The first-order valence-electron chi connectivity index (χ1n) is 6.32. The Bertz CT molecular complexity index is 394. The lowest BCUT2D eigenvalue weighted by Gasteiger charge is -2.25. The average molecular weight is 298 g/mol. The van der Waals surface area contributed by atoms with Crippen molar-refractivity contribution in [3.05, 3.63) is 42.0 Å². The van der Waals surface area contributed by atoms with E-state index in [1.165, 1.54) is 0 Å². The maximum atomic E-state index is 9.09. The lowest BCUT2D eigenvalue weighted by atomic mass is 10.1. The second kappa shape index (κ2) is 8.31. The molecule has 1 unspecified atom stereocenters. The van der Waals surface area contributed by atoms with Gasteiger partial charge in [0.2, 0.25) is 0 Å². The fraction of sp³-hybridized carbons (Fsp3) is 0.429. The highest BCUT2D eigenvalue weighted by Gasteiger charge is 2.38. The van der Waals surface area contributed by atoms with E-state index in [1.54, 1.807) is 27.4 Å². The highest BCUT2D eigenvalue weighted by Crippen LogP contribution is 2.27. The van der Waals surface area contributed by atoms with Crippen LogP contribution in [-0.2, 0) is 18.2 Å². The third-order valence-electron chi connectivity index (χ3n) is 3.32. The summed E-state index contributed by atoms with van der Waals surface area (Å²) in [4.78, 5) is 4.57. The molecular formula is C14H22O5Si. The van der Waals surface area contributed by atoms with Crippen LogP contribution in [0.2, 0.25) is 6.04 Å². The highest BCUT2D eigenvalue weighted by atomic mass is 28.4. The molecule has 1 aromatic rings. The molecule has 5 nitrogen and oxygen atoms in total. The summed E-state index contributed by atoms with van der Waals surface area (Å²) in [5.74, 6) is 0. The molecule has 1 N–H and O–H groups in total. The summed E-state index contributed by atoms with van der Waals surface area (Å²) in [7, 11) is 2.03. The molecule has 0 amide bonds. The molecular weight excluding hydrogens is 276 g/mol. The molecule has 1 aromatic carbocycles. The first-order chi connectivity index (χ1) is 9.64. The number of hydrogen-bond acceptors (Lipinski definition) is 5. The van der Waals surface area contributed by atoms with E-state index in [0.717, 1.165) is 11.1 Å². The second-order valence-electron chi connectivity index (χ2n) is 4.30. The number of rotatable bonds is 9. The quantitative estimate of drug-likeness (QED) is 0.431. The minimum absolute atomic E-state index is 0.443. The van der Waals surface area contributed by atoms with E-state index in [9.17, 15) is 0 Å². The fourth-order valence-corrected chi connectivity index (χ4v) is 3.72. The first-order valence-corrected chi connectivity index (χ1v) is 8.26. The lowest BCUT2D eigenvalue weighted by Crippen LogP contribution is -2.42. The van der Waals surface area contributed by atoms with Crippen molar-refractivity contribution >= 4 is 14.9 Å². The molecule has 0 spiro atoms. The van der Waals surface area contributed by atoms with Gasteiger partial charge >= 0.3 is 8.80 Å². The maximum Gasteiger partial charge on any atom is 0.500 e. The Hall–Kier alpha value is -1.02. The molecule has 1 rings (SSSR count). The van der Waals surface area contributed by atoms with Gasteiger partial charge in [0.25, 0.3) is 0 Å². The standard InChI is InChI=1S/C14H22O5Si/c1-5-12-6-8-13(9-7-12)14(19-15)10-11-20(16-2,17-3)18-4/h5-9,14-15H,1,10-11H2,2-4H3. The van der Waals surface area contributed by atoms with Crippen LogP contribution in [-0.4, -0.2) is 35.4 Å². The highest BCUT2D eigenvalue weighted by molar-refractivity contribution is 6.60. The lowest BCUT2D eigenvalue weighted by molar-refractivity contribution is -0.282. The normalized spacial score (nSPS) is 13.2. The molecule has 112 valence electrons. The van der Waals surface area contributed by atoms with Crippen LogP contribution in [0.3, 0.4) is 0 Å². The molecule has 0 fully saturated rings. The zero-order chi connectivity index (χ0) is 15.0. The minimum atomic E-state index is -2.65. The zero-order valence-corrected chi connectivity index (χ0v) is 13.2. The Labute approximate surface area is 121 Å². The summed E-state index contributed by atoms with van der Waals surface area (Å²) in [5.41, 5.74) is 1.89. The molecule has 0 bridgehead atoms. The van der Waals surface area contributed by atoms with Gasteiger partial charge in [-0.2, -0.15) is 0 Å². The van der Waals surface area contributed by atoms with Crippen LogP contribution in [0.25, 0.3) is 6.08 Å². The third-order valence-corrected chi connectivity index (χ3v) is 6.08.